The molecule has 27 heavy (non-hydrogen) atoms. The molecule has 3 rings (SSSR count). The fourth-order valence-electron chi connectivity index (χ4n) is 2.86. The van der Waals surface area contributed by atoms with Gasteiger partial charge >= 0.3 is 0 Å². The molecule has 138 valence electrons. The lowest BCUT2D eigenvalue weighted by molar-refractivity contribution is -0.130. The lowest BCUT2D eigenvalue weighted by atomic mass is 10.1. The number of nitrogens with one attached hydrogen (secondary N) is 1. The van der Waals surface area contributed by atoms with Gasteiger partial charge in [0.2, 0.25) is 5.91 Å². The van der Waals surface area contributed by atoms with Gasteiger partial charge in [0.25, 0.3) is 5.91 Å². The molecule has 2 amide bonds. The van der Waals surface area contributed by atoms with Crippen molar-refractivity contribution in [3.63, 3.8) is 0 Å². The summed E-state index contributed by atoms with van der Waals surface area (Å²) < 4.78 is 13.6. The molecule has 0 aliphatic carbocycles. The lowest BCUT2D eigenvalue weighted by Crippen LogP contribution is -2.32. The Morgan fingerprint density at radius 1 is 1.07 bits per heavy atom. The molecule has 0 unspecified atom stereocenters. The largest absolute Gasteiger partial charge is 0.351 e. The van der Waals surface area contributed by atoms with Gasteiger partial charge in [0.15, 0.2) is 0 Å². The maximum atomic E-state index is 13.6. The van der Waals surface area contributed by atoms with Crippen LogP contribution in [0.25, 0.3) is 10.9 Å². The van der Waals surface area contributed by atoms with Crippen molar-refractivity contribution >= 4 is 22.7 Å². The molecule has 0 saturated carbocycles. The maximum Gasteiger partial charge on any atom is 0.254 e. The van der Waals surface area contributed by atoms with Gasteiger partial charge in [0.05, 0.1) is 11.1 Å². The van der Waals surface area contributed by atoms with Crippen LogP contribution < -0.4 is 5.32 Å². The average Bonchev–Trinajstić information content (AvgIpc) is 2.68. The number of fused-ring (bicyclic) bond motifs is 1. The normalized spacial score (nSPS) is 10.6. The van der Waals surface area contributed by atoms with E-state index in [1.807, 2.05) is 30.3 Å². The second-order valence-corrected chi connectivity index (χ2v) is 6.22. The number of pyridine rings is 1. The number of carbonyl (C=O) groups excluding carboxylic acids is 2. The van der Waals surface area contributed by atoms with E-state index in [0.717, 1.165) is 16.5 Å². The molecule has 0 fully saturated rings. The second kappa shape index (κ2) is 8.40. The summed E-state index contributed by atoms with van der Waals surface area (Å²) in [5.74, 6) is -1.21. The summed E-state index contributed by atoms with van der Waals surface area (Å²) in [6.45, 7) is 0.594. The average molecular weight is 365 g/mol. The zero-order chi connectivity index (χ0) is 19.2. The van der Waals surface area contributed by atoms with Crippen LogP contribution >= 0.6 is 0 Å². The van der Waals surface area contributed by atoms with Crippen molar-refractivity contribution in [3.05, 3.63) is 77.7 Å². The van der Waals surface area contributed by atoms with Crippen LogP contribution in [-0.4, -0.2) is 35.3 Å². The van der Waals surface area contributed by atoms with Crippen LogP contribution in [0.3, 0.4) is 0 Å². The van der Waals surface area contributed by atoms with Crippen molar-refractivity contribution in [2.24, 2.45) is 0 Å². The van der Waals surface area contributed by atoms with Gasteiger partial charge in [0.1, 0.15) is 5.82 Å². The second-order valence-electron chi connectivity index (χ2n) is 6.22. The molecule has 0 aliphatic rings. The van der Waals surface area contributed by atoms with Crippen molar-refractivity contribution in [2.75, 3.05) is 13.6 Å². The van der Waals surface area contributed by atoms with Gasteiger partial charge in [-0.2, -0.15) is 0 Å². The Morgan fingerprint density at radius 3 is 2.70 bits per heavy atom. The van der Waals surface area contributed by atoms with Gasteiger partial charge in [-0.3, -0.25) is 14.6 Å². The highest BCUT2D eigenvalue weighted by molar-refractivity contribution is 5.94. The summed E-state index contributed by atoms with van der Waals surface area (Å²) in [6.07, 6.45) is 1.87. The molecule has 0 aliphatic heterocycles. The van der Waals surface area contributed by atoms with Crippen molar-refractivity contribution < 1.29 is 14.0 Å². The molecule has 0 radical (unpaired) electrons. The van der Waals surface area contributed by atoms with Crippen LogP contribution in [0.5, 0.6) is 0 Å². The highest BCUT2D eigenvalue weighted by atomic mass is 19.1. The molecular formula is C21H20FN3O2. The van der Waals surface area contributed by atoms with Crippen LogP contribution in [0.15, 0.2) is 60.8 Å². The number of benzene rings is 2. The summed E-state index contributed by atoms with van der Waals surface area (Å²) in [6, 6.07) is 15.4. The number of hydrogen-bond donors (Lipinski definition) is 1. The molecule has 6 heteroatoms. The van der Waals surface area contributed by atoms with E-state index in [1.165, 1.54) is 18.2 Å². The summed E-state index contributed by atoms with van der Waals surface area (Å²) in [4.78, 5) is 30.3. The van der Waals surface area contributed by atoms with Gasteiger partial charge in [-0.15, -0.1) is 0 Å². The van der Waals surface area contributed by atoms with Crippen LogP contribution in [0, 0.1) is 5.82 Å². The third kappa shape index (κ3) is 4.47. The van der Waals surface area contributed by atoms with Crippen molar-refractivity contribution in [1.29, 1.82) is 0 Å². The molecule has 5 nitrogen and oxygen atoms in total. The minimum Gasteiger partial charge on any atom is -0.351 e. The van der Waals surface area contributed by atoms with Crippen LogP contribution in [0.2, 0.25) is 0 Å². The summed E-state index contributed by atoms with van der Waals surface area (Å²) in [5.41, 5.74) is 1.86. The smallest absolute Gasteiger partial charge is 0.254 e. The van der Waals surface area contributed by atoms with Crippen LogP contribution in [0.1, 0.15) is 22.3 Å². The van der Waals surface area contributed by atoms with E-state index < -0.39 is 11.7 Å². The van der Waals surface area contributed by atoms with E-state index in [4.69, 9.17) is 0 Å². The highest BCUT2D eigenvalue weighted by Gasteiger charge is 2.13. The summed E-state index contributed by atoms with van der Waals surface area (Å²) in [5, 5.41) is 3.59. The first-order valence-corrected chi connectivity index (χ1v) is 8.65. The molecule has 1 aromatic heterocycles. The minimum absolute atomic E-state index is 0.0263. The fraction of sp³-hybridized carbons (Fsp3) is 0.190. The molecular weight excluding hydrogens is 345 g/mol. The van der Waals surface area contributed by atoms with E-state index in [9.17, 15) is 14.0 Å². The number of rotatable bonds is 6. The Balaban J connectivity index is 1.55. The lowest BCUT2D eigenvalue weighted by Gasteiger charge is -2.18. The Labute approximate surface area is 156 Å². The third-order valence-electron chi connectivity index (χ3n) is 4.31. The van der Waals surface area contributed by atoms with Gasteiger partial charge in [-0.05, 0) is 29.8 Å². The number of aromatic nitrogens is 1. The zero-order valence-corrected chi connectivity index (χ0v) is 15.0. The molecule has 3 aromatic rings. The van der Waals surface area contributed by atoms with E-state index in [1.54, 1.807) is 24.2 Å². The first kappa shape index (κ1) is 18.5. The quantitative estimate of drug-likeness (QED) is 0.730. The molecule has 0 bridgehead atoms. The fourth-order valence-corrected chi connectivity index (χ4v) is 2.86. The SMILES string of the molecule is CN(Cc1cccc2ncccc12)C(=O)CCNC(=O)c1ccccc1F. The van der Waals surface area contributed by atoms with Crippen molar-refractivity contribution in [2.45, 2.75) is 13.0 Å². The Morgan fingerprint density at radius 2 is 1.89 bits per heavy atom. The van der Waals surface area contributed by atoms with E-state index in [2.05, 4.69) is 10.3 Å². The first-order chi connectivity index (χ1) is 13.1. The molecule has 2 aromatic carbocycles. The summed E-state index contributed by atoms with van der Waals surface area (Å²) in [7, 11) is 1.72. The van der Waals surface area contributed by atoms with E-state index in [0.29, 0.717) is 6.54 Å². The predicted molar refractivity (Wildman–Crippen MR) is 102 cm³/mol. The topological polar surface area (TPSA) is 62.3 Å². The third-order valence-corrected chi connectivity index (χ3v) is 4.31. The van der Waals surface area contributed by atoms with Crippen LogP contribution in [0.4, 0.5) is 4.39 Å². The molecule has 0 atom stereocenters. The number of halogens is 1. The molecule has 0 spiro atoms. The zero-order valence-electron chi connectivity index (χ0n) is 15.0. The Kier molecular flexibility index (Phi) is 5.76. The minimum atomic E-state index is -0.581. The van der Waals surface area contributed by atoms with Crippen molar-refractivity contribution in [3.8, 4) is 0 Å². The number of nitrogens with zero attached hydrogens (tertiary/aromatic N) is 2. The monoisotopic (exact) mass is 365 g/mol. The van der Waals surface area contributed by atoms with E-state index >= 15 is 0 Å². The molecule has 0 saturated heterocycles. The number of amides is 2. The maximum absolute atomic E-state index is 13.6. The predicted octanol–water partition coefficient (Wildman–Crippen LogP) is 3.15. The highest BCUT2D eigenvalue weighted by Crippen LogP contribution is 2.18. The van der Waals surface area contributed by atoms with E-state index in [-0.39, 0.29) is 24.4 Å². The summed E-state index contributed by atoms with van der Waals surface area (Å²) >= 11 is 0. The Bertz CT molecular complexity index is 969. The van der Waals surface area contributed by atoms with Gasteiger partial charge in [-0.25, -0.2) is 4.39 Å². The van der Waals surface area contributed by atoms with Gasteiger partial charge in [-0.1, -0.05) is 30.3 Å². The Hall–Kier alpha value is -3.28. The van der Waals surface area contributed by atoms with Gasteiger partial charge in [0, 0.05) is 38.1 Å². The molecule has 1 heterocycles. The number of hydrogen-bond acceptors (Lipinski definition) is 3. The van der Waals surface area contributed by atoms with Crippen molar-refractivity contribution in [1.82, 2.24) is 15.2 Å². The van der Waals surface area contributed by atoms with Crippen LogP contribution in [-0.2, 0) is 11.3 Å². The number of carbonyl (C=O) groups is 2. The molecule has 1 N–H and O–H groups in total. The first-order valence-electron chi connectivity index (χ1n) is 8.65. The van der Waals surface area contributed by atoms with Gasteiger partial charge < -0.3 is 10.2 Å². The standard InChI is InChI=1S/C21H20FN3O2/c1-25(14-15-6-4-10-19-16(15)8-5-12-23-19)20(26)11-13-24-21(27)17-7-2-3-9-18(17)22/h2-10,12H,11,13-14H2,1H3,(H,24,27).